The fourth-order valence-electron chi connectivity index (χ4n) is 5.09. The van der Waals surface area contributed by atoms with Crippen LogP contribution in [0.15, 0.2) is 126 Å². The highest BCUT2D eigenvalue weighted by molar-refractivity contribution is 6.13. The van der Waals surface area contributed by atoms with Crippen LogP contribution in [0.4, 0.5) is 0 Å². The second-order valence-electron chi connectivity index (χ2n) is 10.4. The lowest BCUT2D eigenvalue weighted by atomic mass is 9.78. The summed E-state index contributed by atoms with van der Waals surface area (Å²) >= 11 is 0. The van der Waals surface area contributed by atoms with E-state index in [1.807, 2.05) is 66.9 Å². The third kappa shape index (κ3) is 5.06. The summed E-state index contributed by atoms with van der Waals surface area (Å²) in [6.45, 7) is 5.64. The number of benzene rings is 4. The van der Waals surface area contributed by atoms with E-state index in [4.69, 9.17) is 9.47 Å². The molecule has 0 amide bonds. The Bertz CT molecular complexity index is 1710. The average Bonchev–Trinajstić information content (AvgIpc) is 3.54. The van der Waals surface area contributed by atoms with Crippen molar-refractivity contribution < 1.29 is 14.3 Å². The summed E-state index contributed by atoms with van der Waals surface area (Å²) < 4.78 is 13.7. The molecule has 0 atom stereocenters. The van der Waals surface area contributed by atoms with Gasteiger partial charge in [-0.3, -0.25) is 0 Å². The first-order valence-corrected chi connectivity index (χ1v) is 13.4. The number of hydrogen-bond acceptors (Lipinski definition) is 4. The highest BCUT2D eigenvalue weighted by Crippen LogP contribution is 2.32. The van der Waals surface area contributed by atoms with E-state index in [1.165, 1.54) is 11.1 Å². The highest BCUT2D eigenvalue weighted by Gasteiger charge is 2.25. The van der Waals surface area contributed by atoms with Crippen LogP contribution in [-0.2, 0) is 21.5 Å². The standard InChI is InChI=1S/C35H30N2O3/c1-35(2,27-13-7-4-8-14-27)28-17-19-29(20-18-28)39-22-21-37-24-26(30-15-9-10-16-32(30)37)23-31-34(38)40-33(36-31)25-11-5-3-6-12-25/h3-20,23-24H,21-22H2,1-2H3/b31-23-. The van der Waals surface area contributed by atoms with Crippen molar-refractivity contribution in [2.75, 3.05) is 6.61 Å². The molecule has 5 aromatic rings. The van der Waals surface area contributed by atoms with Gasteiger partial charge >= 0.3 is 5.97 Å². The molecule has 6 rings (SSSR count). The first-order valence-electron chi connectivity index (χ1n) is 13.4. The van der Waals surface area contributed by atoms with Gasteiger partial charge in [-0.2, -0.15) is 0 Å². The van der Waals surface area contributed by atoms with Gasteiger partial charge in [-0.25, -0.2) is 9.79 Å². The molecule has 0 saturated heterocycles. The van der Waals surface area contributed by atoms with Gasteiger partial charge in [0.05, 0.1) is 6.54 Å². The number of aromatic nitrogens is 1. The van der Waals surface area contributed by atoms with Crippen molar-refractivity contribution in [2.45, 2.75) is 25.8 Å². The fourth-order valence-corrected chi connectivity index (χ4v) is 5.09. The smallest absolute Gasteiger partial charge is 0.363 e. The molecule has 0 fully saturated rings. The molecule has 0 bridgehead atoms. The first-order chi connectivity index (χ1) is 19.5. The van der Waals surface area contributed by atoms with E-state index in [-0.39, 0.29) is 11.1 Å². The predicted molar refractivity (Wildman–Crippen MR) is 159 cm³/mol. The lowest BCUT2D eigenvalue weighted by Gasteiger charge is -2.26. The molecule has 1 aliphatic rings. The molecule has 0 spiro atoms. The summed E-state index contributed by atoms with van der Waals surface area (Å²) in [5.74, 6) is 0.716. The van der Waals surface area contributed by atoms with E-state index >= 15 is 0 Å². The van der Waals surface area contributed by atoms with Crippen LogP contribution < -0.4 is 4.74 Å². The molecule has 5 heteroatoms. The number of carbonyl (C=O) groups excluding carboxylic acids is 1. The number of para-hydroxylation sites is 1. The lowest BCUT2D eigenvalue weighted by Crippen LogP contribution is -2.18. The van der Waals surface area contributed by atoms with E-state index in [0.29, 0.717) is 19.0 Å². The molecule has 0 unspecified atom stereocenters. The quantitative estimate of drug-likeness (QED) is 0.156. The van der Waals surface area contributed by atoms with Gasteiger partial charge in [0, 0.05) is 33.6 Å². The molecular weight excluding hydrogens is 496 g/mol. The Hall–Kier alpha value is -4.90. The van der Waals surface area contributed by atoms with Crippen molar-refractivity contribution >= 4 is 28.8 Å². The van der Waals surface area contributed by atoms with Gasteiger partial charge in [0.2, 0.25) is 5.90 Å². The van der Waals surface area contributed by atoms with Gasteiger partial charge in [0.1, 0.15) is 12.4 Å². The Balaban J connectivity index is 1.17. The zero-order chi connectivity index (χ0) is 27.5. The minimum Gasteiger partial charge on any atom is -0.492 e. The molecule has 40 heavy (non-hydrogen) atoms. The van der Waals surface area contributed by atoms with Crippen molar-refractivity contribution in [3.8, 4) is 5.75 Å². The van der Waals surface area contributed by atoms with Crippen LogP contribution >= 0.6 is 0 Å². The maximum atomic E-state index is 12.6. The average molecular weight is 527 g/mol. The summed E-state index contributed by atoms with van der Waals surface area (Å²) in [4.78, 5) is 17.0. The van der Waals surface area contributed by atoms with Crippen LogP contribution in [0, 0.1) is 0 Å². The number of nitrogens with zero attached hydrogens (tertiary/aromatic N) is 2. The van der Waals surface area contributed by atoms with Crippen LogP contribution in [0.2, 0.25) is 0 Å². The van der Waals surface area contributed by atoms with Gasteiger partial charge < -0.3 is 14.0 Å². The number of cyclic esters (lactones) is 1. The van der Waals surface area contributed by atoms with Gasteiger partial charge in [0.15, 0.2) is 5.70 Å². The second-order valence-corrected chi connectivity index (χ2v) is 10.4. The zero-order valence-electron chi connectivity index (χ0n) is 22.6. The van der Waals surface area contributed by atoms with Crippen molar-refractivity contribution in [1.82, 2.24) is 4.57 Å². The van der Waals surface area contributed by atoms with E-state index in [1.54, 1.807) is 6.08 Å². The fraction of sp³-hybridized carbons (Fsp3) is 0.143. The van der Waals surface area contributed by atoms with E-state index < -0.39 is 5.97 Å². The molecule has 198 valence electrons. The molecule has 5 nitrogen and oxygen atoms in total. The Morgan fingerprint density at radius 1 is 0.825 bits per heavy atom. The van der Waals surface area contributed by atoms with Crippen molar-refractivity contribution in [2.24, 2.45) is 4.99 Å². The van der Waals surface area contributed by atoms with E-state index in [2.05, 4.69) is 71.9 Å². The van der Waals surface area contributed by atoms with Crippen molar-refractivity contribution in [1.29, 1.82) is 0 Å². The molecule has 2 heterocycles. The predicted octanol–water partition coefficient (Wildman–Crippen LogP) is 7.39. The maximum Gasteiger partial charge on any atom is 0.363 e. The summed E-state index contributed by atoms with van der Waals surface area (Å²) in [7, 11) is 0. The van der Waals surface area contributed by atoms with Gasteiger partial charge in [0.25, 0.3) is 0 Å². The normalized spacial score (nSPS) is 14.4. The van der Waals surface area contributed by atoms with Crippen molar-refractivity contribution in [3.05, 3.63) is 143 Å². The molecular formula is C35H30N2O3. The number of esters is 1. The summed E-state index contributed by atoms with van der Waals surface area (Å²) in [5.41, 5.74) is 5.47. The Morgan fingerprint density at radius 3 is 2.23 bits per heavy atom. The Morgan fingerprint density at radius 2 is 1.48 bits per heavy atom. The molecule has 1 aliphatic heterocycles. The molecule has 0 N–H and O–H groups in total. The molecule has 4 aromatic carbocycles. The molecule has 0 saturated carbocycles. The summed E-state index contributed by atoms with van der Waals surface area (Å²) in [5, 5.41) is 1.04. The summed E-state index contributed by atoms with van der Waals surface area (Å²) in [6.07, 6.45) is 3.83. The number of aliphatic imine (C=N–C) groups is 1. The maximum absolute atomic E-state index is 12.6. The monoisotopic (exact) mass is 526 g/mol. The van der Waals surface area contributed by atoms with E-state index in [0.717, 1.165) is 27.8 Å². The number of hydrogen-bond donors (Lipinski definition) is 0. The van der Waals surface area contributed by atoms with E-state index in [9.17, 15) is 4.79 Å². The summed E-state index contributed by atoms with van der Waals surface area (Å²) in [6, 6.07) is 36.5. The zero-order valence-corrected chi connectivity index (χ0v) is 22.6. The SMILES string of the molecule is CC(C)(c1ccccc1)c1ccc(OCCn2cc(/C=C3\N=C(c4ccccc4)OC3=O)c3ccccc32)cc1. The van der Waals surface area contributed by atoms with Crippen LogP contribution in [0.25, 0.3) is 17.0 Å². The largest absolute Gasteiger partial charge is 0.492 e. The number of rotatable bonds is 8. The number of carbonyl (C=O) groups is 1. The van der Waals surface area contributed by atoms with Gasteiger partial charge in [-0.15, -0.1) is 0 Å². The van der Waals surface area contributed by atoms with Crippen LogP contribution in [0.5, 0.6) is 5.75 Å². The van der Waals surface area contributed by atoms with Crippen LogP contribution in [-0.4, -0.2) is 23.0 Å². The lowest BCUT2D eigenvalue weighted by molar-refractivity contribution is -0.129. The third-order valence-electron chi connectivity index (χ3n) is 7.43. The Labute approximate surface area is 234 Å². The highest BCUT2D eigenvalue weighted by atomic mass is 16.6. The molecule has 0 radical (unpaired) electrons. The third-order valence-corrected chi connectivity index (χ3v) is 7.43. The molecule has 0 aliphatic carbocycles. The first kappa shape index (κ1) is 25.4. The van der Waals surface area contributed by atoms with Gasteiger partial charge in [-0.05, 0) is 47.5 Å². The minimum atomic E-state index is -0.446. The van der Waals surface area contributed by atoms with Crippen molar-refractivity contribution in [3.63, 3.8) is 0 Å². The van der Waals surface area contributed by atoms with Crippen LogP contribution in [0.3, 0.4) is 0 Å². The van der Waals surface area contributed by atoms with Gasteiger partial charge in [-0.1, -0.05) is 92.7 Å². The topological polar surface area (TPSA) is 52.8 Å². The molecule has 1 aromatic heterocycles. The Kier molecular flexibility index (Phi) is 6.79. The number of fused-ring (bicyclic) bond motifs is 1. The van der Waals surface area contributed by atoms with Crippen LogP contribution in [0.1, 0.15) is 36.1 Å². The minimum absolute atomic E-state index is 0.0909. The second kappa shape index (κ2) is 10.7. The number of ether oxygens (including phenoxy) is 2.